The second-order valence-electron chi connectivity index (χ2n) is 2.90. The molecule has 0 bridgehead atoms. The van der Waals surface area contributed by atoms with Crippen LogP contribution in [0.4, 0.5) is 11.4 Å². The van der Waals surface area contributed by atoms with Crippen LogP contribution in [-0.4, -0.2) is 10.8 Å². The van der Waals surface area contributed by atoms with E-state index in [-0.39, 0.29) is 11.4 Å². The molecule has 4 nitrogen and oxygen atoms in total. The molecule has 0 unspecified atom stereocenters. The number of benzene rings is 1. The lowest BCUT2D eigenvalue weighted by molar-refractivity contribution is -0.384. The number of aryl methyl sites for hydroxylation is 1. The van der Waals surface area contributed by atoms with Gasteiger partial charge in [0, 0.05) is 11.4 Å². The van der Waals surface area contributed by atoms with Gasteiger partial charge in [0.15, 0.2) is 0 Å². The fraction of sp³-hybridized carbons (Fsp3) is 0.333. The van der Waals surface area contributed by atoms with Crippen molar-refractivity contribution in [2.75, 3.05) is 11.6 Å². The Balaban J connectivity index is 3.02. The summed E-state index contributed by atoms with van der Waals surface area (Å²) >= 11 is 5.52. The number of hydrogen-bond acceptors (Lipinski definition) is 3. The van der Waals surface area contributed by atoms with Crippen molar-refractivity contribution >= 4 is 23.0 Å². The van der Waals surface area contributed by atoms with Crippen molar-refractivity contribution in [1.82, 2.24) is 0 Å². The highest BCUT2D eigenvalue weighted by atomic mass is 35.5. The van der Waals surface area contributed by atoms with Gasteiger partial charge in [-0.25, -0.2) is 0 Å². The number of alkyl halides is 1. The summed E-state index contributed by atoms with van der Waals surface area (Å²) < 4.78 is 0. The van der Waals surface area contributed by atoms with E-state index in [0.717, 1.165) is 0 Å². The summed E-state index contributed by atoms with van der Waals surface area (Å²) in [7, 11) is 0. The Hall–Kier alpha value is -1.29. The number of anilines is 1. The maximum atomic E-state index is 10.7. The lowest BCUT2D eigenvalue weighted by Crippen LogP contribution is -2.00. The molecule has 0 saturated heterocycles. The predicted molar refractivity (Wildman–Crippen MR) is 56.5 cm³/mol. The second-order valence-corrected chi connectivity index (χ2v) is 3.28. The molecule has 5 heteroatoms. The van der Waals surface area contributed by atoms with Gasteiger partial charge in [-0.2, -0.15) is 0 Å². The van der Waals surface area contributed by atoms with E-state index in [0.29, 0.717) is 24.3 Å². The van der Waals surface area contributed by atoms with Crippen molar-refractivity contribution in [3.63, 3.8) is 0 Å². The third-order valence-electron chi connectivity index (χ3n) is 1.91. The fourth-order valence-corrected chi connectivity index (χ4v) is 1.43. The highest BCUT2D eigenvalue weighted by Crippen LogP contribution is 2.26. The van der Waals surface area contributed by atoms with Crippen LogP contribution < -0.4 is 5.73 Å². The zero-order valence-electron chi connectivity index (χ0n) is 7.57. The van der Waals surface area contributed by atoms with Crippen LogP contribution in [0.25, 0.3) is 0 Å². The van der Waals surface area contributed by atoms with Gasteiger partial charge in [0.1, 0.15) is 5.69 Å². The van der Waals surface area contributed by atoms with Crippen LogP contribution in [0.2, 0.25) is 0 Å². The Labute approximate surface area is 86.8 Å². The smallest absolute Gasteiger partial charge is 0.295 e. The average molecular weight is 215 g/mol. The normalized spacial score (nSPS) is 10.1. The maximum absolute atomic E-state index is 10.7. The first-order valence-electron chi connectivity index (χ1n) is 4.24. The molecule has 0 heterocycles. The molecular formula is C9H11ClN2O2. The van der Waals surface area contributed by atoms with Crippen molar-refractivity contribution in [3.8, 4) is 0 Å². The van der Waals surface area contributed by atoms with Crippen LogP contribution in [0.1, 0.15) is 12.0 Å². The molecule has 14 heavy (non-hydrogen) atoms. The number of nitro groups is 1. The summed E-state index contributed by atoms with van der Waals surface area (Å²) in [6, 6.07) is 4.95. The number of nitrogens with two attached hydrogens (primary N) is 1. The SMILES string of the molecule is Nc1cccc(CCCCl)c1[N+](=O)[O-]. The van der Waals surface area contributed by atoms with Crippen LogP contribution in [-0.2, 0) is 6.42 Å². The second kappa shape index (κ2) is 4.81. The Kier molecular flexibility index (Phi) is 3.71. The van der Waals surface area contributed by atoms with E-state index in [1.54, 1.807) is 12.1 Å². The first kappa shape index (κ1) is 10.8. The van der Waals surface area contributed by atoms with Crippen LogP contribution >= 0.6 is 11.6 Å². The van der Waals surface area contributed by atoms with E-state index >= 15 is 0 Å². The van der Waals surface area contributed by atoms with Gasteiger partial charge < -0.3 is 5.73 Å². The highest BCUT2D eigenvalue weighted by molar-refractivity contribution is 6.17. The number of halogens is 1. The molecule has 0 aliphatic carbocycles. The molecule has 0 aliphatic heterocycles. The average Bonchev–Trinajstić information content (AvgIpc) is 2.14. The number of rotatable bonds is 4. The molecule has 1 aromatic rings. The van der Waals surface area contributed by atoms with E-state index < -0.39 is 4.92 Å². The molecule has 1 aromatic carbocycles. The molecule has 76 valence electrons. The molecule has 0 atom stereocenters. The quantitative estimate of drug-likeness (QED) is 0.362. The number of nitrogens with zero attached hydrogens (tertiary/aromatic N) is 1. The molecule has 0 aliphatic rings. The summed E-state index contributed by atoms with van der Waals surface area (Å²) in [6.07, 6.45) is 1.30. The minimum atomic E-state index is -0.446. The summed E-state index contributed by atoms with van der Waals surface area (Å²) in [4.78, 5) is 10.3. The van der Waals surface area contributed by atoms with Crippen molar-refractivity contribution < 1.29 is 4.92 Å². The molecular weight excluding hydrogens is 204 g/mol. The monoisotopic (exact) mass is 214 g/mol. The van der Waals surface area contributed by atoms with Gasteiger partial charge in [-0.1, -0.05) is 12.1 Å². The zero-order chi connectivity index (χ0) is 10.6. The van der Waals surface area contributed by atoms with Gasteiger partial charge in [0.2, 0.25) is 0 Å². The van der Waals surface area contributed by atoms with Gasteiger partial charge in [0.05, 0.1) is 4.92 Å². The van der Waals surface area contributed by atoms with Crippen LogP contribution in [0.5, 0.6) is 0 Å². The van der Waals surface area contributed by atoms with Gasteiger partial charge in [-0.05, 0) is 18.9 Å². The lowest BCUT2D eigenvalue weighted by atomic mass is 10.1. The number of nitro benzene ring substituents is 1. The van der Waals surface area contributed by atoms with Gasteiger partial charge in [-0.15, -0.1) is 11.6 Å². The first-order chi connectivity index (χ1) is 6.66. The molecule has 0 aromatic heterocycles. The van der Waals surface area contributed by atoms with E-state index in [9.17, 15) is 10.1 Å². The Bertz CT molecular complexity index is 342. The molecule has 0 amide bonds. The van der Waals surface area contributed by atoms with E-state index in [1.807, 2.05) is 0 Å². The van der Waals surface area contributed by atoms with E-state index in [1.165, 1.54) is 6.07 Å². The van der Waals surface area contributed by atoms with Crippen molar-refractivity contribution in [3.05, 3.63) is 33.9 Å². The molecule has 2 N–H and O–H groups in total. The van der Waals surface area contributed by atoms with Crippen LogP contribution in [0.3, 0.4) is 0 Å². The summed E-state index contributed by atoms with van der Waals surface area (Å²) in [5.41, 5.74) is 6.39. The molecule has 1 rings (SSSR count). The van der Waals surface area contributed by atoms with Crippen LogP contribution in [0.15, 0.2) is 18.2 Å². The Morgan fingerprint density at radius 3 is 2.79 bits per heavy atom. The minimum Gasteiger partial charge on any atom is -0.393 e. The summed E-state index contributed by atoms with van der Waals surface area (Å²) in [5, 5.41) is 10.7. The fourth-order valence-electron chi connectivity index (χ4n) is 1.29. The number of hydrogen-bond donors (Lipinski definition) is 1. The summed E-state index contributed by atoms with van der Waals surface area (Å²) in [5.74, 6) is 0.492. The predicted octanol–water partition coefficient (Wildman–Crippen LogP) is 2.35. The van der Waals surface area contributed by atoms with Crippen molar-refractivity contribution in [2.45, 2.75) is 12.8 Å². The largest absolute Gasteiger partial charge is 0.393 e. The Morgan fingerprint density at radius 1 is 1.50 bits per heavy atom. The molecule has 0 spiro atoms. The number of nitrogen functional groups attached to an aromatic ring is 1. The topological polar surface area (TPSA) is 69.2 Å². The van der Waals surface area contributed by atoms with Gasteiger partial charge >= 0.3 is 0 Å². The standard InChI is InChI=1S/C9H11ClN2O2/c10-6-2-4-7-3-1-5-8(11)9(7)12(13)14/h1,3,5H,2,4,6,11H2. The Morgan fingerprint density at radius 2 is 2.21 bits per heavy atom. The first-order valence-corrected chi connectivity index (χ1v) is 4.78. The van der Waals surface area contributed by atoms with E-state index in [2.05, 4.69) is 0 Å². The van der Waals surface area contributed by atoms with E-state index in [4.69, 9.17) is 17.3 Å². The maximum Gasteiger partial charge on any atom is 0.295 e. The minimum absolute atomic E-state index is 0.0117. The van der Waals surface area contributed by atoms with Crippen molar-refractivity contribution in [2.24, 2.45) is 0 Å². The van der Waals surface area contributed by atoms with Gasteiger partial charge in [-0.3, -0.25) is 10.1 Å². The summed E-state index contributed by atoms with van der Waals surface area (Å²) in [6.45, 7) is 0. The molecule has 0 radical (unpaired) electrons. The third-order valence-corrected chi connectivity index (χ3v) is 2.18. The van der Waals surface area contributed by atoms with Crippen molar-refractivity contribution in [1.29, 1.82) is 0 Å². The van der Waals surface area contributed by atoms with Crippen LogP contribution in [0, 0.1) is 10.1 Å². The molecule has 0 fully saturated rings. The number of para-hydroxylation sites is 1. The van der Waals surface area contributed by atoms with Gasteiger partial charge in [0.25, 0.3) is 5.69 Å². The molecule has 0 saturated carbocycles. The lowest BCUT2D eigenvalue weighted by Gasteiger charge is -2.03. The highest BCUT2D eigenvalue weighted by Gasteiger charge is 2.16. The zero-order valence-corrected chi connectivity index (χ0v) is 8.33. The third kappa shape index (κ3) is 2.35.